The van der Waals surface area contributed by atoms with Gasteiger partial charge in [0.05, 0.1) is 11.5 Å². The average Bonchev–Trinajstić information content (AvgIpc) is 3.39. The molecule has 128 valence electrons. The summed E-state index contributed by atoms with van der Waals surface area (Å²) >= 11 is 0. The summed E-state index contributed by atoms with van der Waals surface area (Å²) in [7, 11) is -3.65. The van der Waals surface area contributed by atoms with Crippen molar-refractivity contribution in [2.45, 2.75) is 30.8 Å². The van der Waals surface area contributed by atoms with Gasteiger partial charge in [0.1, 0.15) is 18.5 Å². The Balaban J connectivity index is 1.84. The van der Waals surface area contributed by atoms with Crippen LogP contribution in [0.1, 0.15) is 18.9 Å². The molecule has 1 N–H and O–H groups in total. The molecule has 6 heteroatoms. The zero-order chi connectivity index (χ0) is 17.0. The minimum Gasteiger partial charge on any atom is -0.490 e. The Morgan fingerprint density at radius 1 is 1.21 bits per heavy atom. The molecule has 1 unspecified atom stereocenters. The first-order chi connectivity index (χ1) is 11.6. The summed E-state index contributed by atoms with van der Waals surface area (Å²) in [5.41, 5.74) is 1.54. The summed E-state index contributed by atoms with van der Waals surface area (Å²) in [6, 6.07) is 13.9. The van der Waals surface area contributed by atoms with E-state index in [-0.39, 0.29) is 11.0 Å². The number of para-hydroxylation sites is 1. The van der Waals surface area contributed by atoms with E-state index >= 15 is 0 Å². The zero-order valence-corrected chi connectivity index (χ0v) is 14.4. The third-order valence-electron chi connectivity index (χ3n) is 3.72. The lowest BCUT2D eigenvalue weighted by atomic mass is 10.1. The van der Waals surface area contributed by atoms with Crippen molar-refractivity contribution in [1.82, 2.24) is 0 Å². The molecule has 0 bridgehead atoms. The molecule has 0 radical (unpaired) electrons. The van der Waals surface area contributed by atoms with E-state index < -0.39 is 10.0 Å². The number of rotatable bonds is 8. The van der Waals surface area contributed by atoms with E-state index in [0.717, 1.165) is 18.4 Å². The fraction of sp³-hybridized carbons (Fsp3) is 0.333. The fourth-order valence-corrected chi connectivity index (χ4v) is 3.45. The molecule has 0 amide bonds. The van der Waals surface area contributed by atoms with E-state index in [4.69, 9.17) is 9.47 Å². The third kappa shape index (κ3) is 4.27. The Hall–Kier alpha value is -2.05. The molecule has 1 saturated heterocycles. The molecule has 1 heterocycles. The van der Waals surface area contributed by atoms with Gasteiger partial charge in [0, 0.05) is 11.8 Å². The zero-order valence-electron chi connectivity index (χ0n) is 13.6. The summed E-state index contributed by atoms with van der Waals surface area (Å²) in [6.07, 6.45) is 1.93. The molecule has 1 aliphatic heterocycles. The lowest BCUT2D eigenvalue weighted by molar-refractivity contribution is 0.260. The Morgan fingerprint density at radius 3 is 2.62 bits per heavy atom. The van der Waals surface area contributed by atoms with Crippen molar-refractivity contribution >= 4 is 15.7 Å². The van der Waals surface area contributed by atoms with Gasteiger partial charge < -0.3 is 9.47 Å². The van der Waals surface area contributed by atoms with Crippen LogP contribution >= 0.6 is 0 Å². The maximum absolute atomic E-state index is 12.6. The van der Waals surface area contributed by atoms with Gasteiger partial charge in [-0.15, -0.1) is 0 Å². The van der Waals surface area contributed by atoms with Crippen LogP contribution in [0.15, 0.2) is 53.4 Å². The number of ether oxygens (including phenoxy) is 2. The van der Waals surface area contributed by atoms with Crippen LogP contribution in [-0.4, -0.2) is 27.7 Å². The van der Waals surface area contributed by atoms with E-state index in [2.05, 4.69) is 11.6 Å². The molecule has 0 aliphatic carbocycles. The minimum absolute atomic E-state index is 0.127. The Bertz CT molecular complexity index is 786. The van der Waals surface area contributed by atoms with Crippen LogP contribution in [-0.2, 0) is 21.2 Å². The Labute approximate surface area is 142 Å². The molecular weight excluding hydrogens is 326 g/mol. The quantitative estimate of drug-likeness (QED) is 0.745. The summed E-state index contributed by atoms with van der Waals surface area (Å²) in [5.74, 6) is 0.614. The summed E-state index contributed by atoms with van der Waals surface area (Å²) in [4.78, 5) is 0.193. The van der Waals surface area contributed by atoms with Gasteiger partial charge in [-0.2, -0.15) is 0 Å². The highest BCUT2D eigenvalue weighted by Crippen LogP contribution is 2.27. The average molecular weight is 347 g/mol. The number of hydrogen-bond acceptors (Lipinski definition) is 4. The molecule has 0 spiro atoms. The van der Waals surface area contributed by atoms with Gasteiger partial charge in [-0.1, -0.05) is 37.6 Å². The lowest BCUT2D eigenvalue weighted by Gasteiger charge is -2.13. The van der Waals surface area contributed by atoms with Crippen LogP contribution in [0.3, 0.4) is 0 Å². The summed E-state index contributed by atoms with van der Waals surface area (Å²) in [5, 5.41) is 0. The first-order valence-corrected chi connectivity index (χ1v) is 9.52. The second-order valence-electron chi connectivity index (χ2n) is 5.76. The number of hydrogen-bond donors (Lipinski definition) is 1. The summed E-state index contributed by atoms with van der Waals surface area (Å²) < 4.78 is 38.7. The normalized spacial score (nSPS) is 16.6. The Kier molecular flexibility index (Phi) is 5.06. The van der Waals surface area contributed by atoms with Crippen LogP contribution in [0.4, 0.5) is 5.69 Å². The second-order valence-corrected chi connectivity index (χ2v) is 7.44. The monoisotopic (exact) mass is 347 g/mol. The lowest BCUT2D eigenvalue weighted by Crippen LogP contribution is -2.14. The van der Waals surface area contributed by atoms with E-state index in [1.807, 2.05) is 12.1 Å². The van der Waals surface area contributed by atoms with E-state index in [0.29, 0.717) is 24.7 Å². The van der Waals surface area contributed by atoms with Crippen molar-refractivity contribution in [3.8, 4) is 5.75 Å². The van der Waals surface area contributed by atoms with Gasteiger partial charge in [0.25, 0.3) is 10.0 Å². The topological polar surface area (TPSA) is 67.9 Å². The maximum atomic E-state index is 12.6. The SMILES string of the molecule is CCCc1ccc(S(=O)(=O)Nc2ccccc2)cc1OCC1CO1. The van der Waals surface area contributed by atoms with Crippen LogP contribution in [0.5, 0.6) is 5.75 Å². The van der Waals surface area contributed by atoms with Crippen molar-refractivity contribution in [1.29, 1.82) is 0 Å². The Morgan fingerprint density at radius 2 is 1.96 bits per heavy atom. The molecule has 1 fully saturated rings. The van der Waals surface area contributed by atoms with Crippen molar-refractivity contribution in [2.24, 2.45) is 0 Å². The van der Waals surface area contributed by atoms with Gasteiger partial charge >= 0.3 is 0 Å². The maximum Gasteiger partial charge on any atom is 0.262 e. The van der Waals surface area contributed by atoms with Gasteiger partial charge in [-0.05, 0) is 30.2 Å². The number of sulfonamides is 1. The molecule has 0 aromatic heterocycles. The van der Waals surface area contributed by atoms with Crippen molar-refractivity contribution in [2.75, 3.05) is 17.9 Å². The smallest absolute Gasteiger partial charge is 0.262 e. The molecule has 2 aromatic rings. The predicted octanol–water partition coefficient (Wildman–Crippen LogP) is 3.22. The van der Waals surface area contributed by atoms with E-state index in [9.17, 15) is 8.42 Å². The number of aryl methyl sites for hydroxylation is 1. The van der Waals surface area contributed by atoms with E-state index in [1.165, 1.54) is 0 Å². The molecule has 1 aliphatic rings. The third-order valence-corrected chi connectivity index (χ3v) is 5.10. The van der Waals surface area contributed by atoms with Crippen LogP contribution < -0.4 is 9.46 Å². The van der Waals surface area contributed by atoms with Gasteiger partial charge in [-0.3, -0.25) is 4.72 Å². The molecule has 0 saturated carbocycles. The number of epoxide rings is 1. The first kappa shape index (κ1) is 16.8. The van der Waals surface area contributed by atoms with Crippen LogP contribution in [0, 0.1) is 0 Å². The molecule has 5 nitrogen and oxygen atoms in total. The standard InChI is InChI=1S/C18H21NO4S/c1-2-6-14-9-10-17(11-18(14)23-13-16-12-22-16)24(20,21)19-15-7-4-3-5-8-15/h3-5,7-11,16,19H,2,6,12-13H2,1H3. The highest BCUT2D eigenvalue weighted by atomic mass is 32.2. The molecule has 2 aromatic carbocycles. The van der Waals surface area contributed by atoms with Crippen LogP contribution in [0.25, 0.3) is 0 Å². The fourth-order valence-electron chi connectivity index (χ4n) is 2.38. The second kappa shape index (κ2) is 7.23. The molecule has 3 rings (SSSR count). The number of nitrogens with one attached hydrogen (secondary N) is 1. The van der Waals surface area contributed by atoms with Crippen molar-refractivity contribution < 1.29 is 17.9 Å². The number of benzene rings is 2. The van der Waals surface area contributed by atoms with Gasteiger partial charge in [0.15, 0.2) is 0 Å². The minimum atomic E-state index is -3.65. The molecule has 1 atom stereocenters. The summed E-state index contributed by atoms with van der Waals surface area (Å²) in [6.45, 7) is 3.23. The molecule has 24 heavy (non-hydrogen) atoms. The highest BCUT2D eigenvalue weighted by Gasteiger charge is 2.24. The van der Waals surface area contributed by atoms with E-state index in [1.54, 1.807) is 36.4 Å². The highest BCUT2D eigenvalue weighted by molar-refractivity contribution is 7.92. The first-order valence-electron chi connectivity index (χ1n) is 8.03. The number of anilines is 1. The predicted molar refractivity (Wildman–Crippen MR) is 92.9 cm³/mol. The van der Waals surface area contributed by atoms with Gasteiger partial charge in [-0.25, -0.2) is 8.42 Å². The van der Waals surface area contributed by atoms with Gasteiger partial charge in [0.2, 0.25) is 0 Å². The van der Waals surface area contributed by atoms with Crippen LogP contribution in [0.2, 0.25) is 0 Å². The largest absolute Gasteiger partial charge is 0.490 e. The molecular formula is C18H21NO4S. The van der Waals surface area contributed by atoms with Crippen molar-refractivity contribution in [3.05, 3.63) is 54.1 Å². The van der Waals surface area contributed by atoms with Crippen molar-refractivity contribution in [3.63, 3.8) is 0 Å².